The Morgan fingerprint density at radius 1 is 0.971 bits per heavy atom. The number of aromatic nitrogens is 3. The molecule has 0 saturated carbocycles. The zero-order valence-electron chi connectivity index (χ0n) is 20.0. The Labute approximate surface area is 203 Å². The highest BCUT2D eigenvalue weighted by Crippen LogP contribution is 2.28. The third-order valence-corrected chi connectivity index (χ3v) is 5.13. The van der Waals surface area contributed by atoms with Crippen LogP contribution in [0.3, 0.4) is 0 Å². The van der Waals surface area contributed by atoms with Crippen molar-refractivity contribution in [3.05, 3.63) is 84.4 Å². The second-order valence-electron chi connectivity index (χ2n) is 8.86. The molecule has 0 saturated heterocycles. The fourth-order valence-corrected chi connectivity index (χ4v) is 3.28. The van der Waals surface area contributed by atoms with Crippen molar-refractivity contribution >= 4 is 23.4 Å². The lowest BCUT2D eigenvalue weighted by molar-refractivity contribution is 0.262. The first kappa shape index (κ1) is 23.7. The summed E-state index contributed by atoms with van der Waals surface area (Å²) in [5.74, 6) is 1.26. The number of carbonyl (C=O) groups is 1. The lowest BCUT2D eigenvalue weighted by Gasteiger charge is -2.14. The molecule has 8 nitrogen and oxygen atoms in total. The number of hydrogen-bond donors (Lipinski definition) is 3. The highest BCUT2D eigenvalue weighted by atomic mass is 19.1. The van der Waals surface area contributed by atoms with Crippen LogP contribution >= 0.6 is 0 Å². The highest BCUT2D eigenvalue weighted by Gasteiger charge is 2.21. The van der Waals surface area contributed by atoms with Crippen molar-refractivity contribution in [3.63, 3.8) is 0 Å². The van der Waals surface area contributed by atoms with Crippen molar-refractivity contribution in [1.82, 2.24) is 14.8 Å². The van der Waals surface area contributed by atoms with E-state index in [4.69, 9.17) is 4.74 Å². The molecule has 180 valence electrons. The van der Waals surface area contributed by atoms with Gasteiger partial charge in [0.15, 0.2) is 0 Å². The predicted molar refractivity (Wildman–Crippen MR) is 135 cm³/mol. The number of benzene rings is 2. The lowest BCUT2D eigenvalue weighted by Crippen LogP contribution is -2.21. The molecule has 0 atom stereocenters. The van der Waals surface area contributed by atoms with Crippen LogP contribution in [0.1, 0.15) is 26.5 Å². The minimum atomic E-state index is -0.632. The summed E-state index contributed by atoms with van der Waals surface area (Å²) < 4.78 is 22.1. The van der Waals surface area contributed by atoms with E-state index in [1.807, 2.05) is 57.2 Å². The molecule has 4 aromatic rings. The molecular formula is C26H27FN6O2. The second kappa shape index (κ2) is 9.84. The van der Waals surface area contributed by atoms with Gasteiger partial charge in [0.2, 0.25) is 0 Å². The summed E-state index contributed by atoms with van der Waals surface area (Å²) >= 11 is 0. The Morgan fingerprint density at radius 2 is 1.71 bits per heavy atom. The normalized spacial score (nSPS) is 11.1. The summed E-state index contributed by atoms with van der Waals surface area (Å²) in [6.07, 6.45) is 1.59. The van der Waals surface area contributed by atoms with E-state index in [1.54, 1.807) is 36.1 Å². The maximum atomic E-state index is 14.7. The van der Waals surface area contributed by atoms with E-state index in [-0.39, 0.29) is 11.1 Å². The van der Waals surface area contributed by atoms with Crippen LogP contribution in [0.4, 0.5) is 26.5 Å². The van der Waals surface area contributed by atoms with Gasteiger partial charge in [-0.05, 0) is 30.3 Å². The number of amides is 2. The van der Waals surface area contributed by atoms with Crippen molar-refractivity contribution in [2.45, 2.75) is 26.2 Å². The molecule has 0 radical (unpaired) electrons. The number of ether oxygens (including phenoxy) is 1. The third-order valence-electron chi connectivity index (χ3n) is 5.13. The predicted octanol–water partition coefficient (Wildman–Crippen LogP) is 6.18. The minimum Gasteiger partial charge on any atom is -0.457 e. The third kappa shape index (κ3) is 5.75. The number of nitrogens with zero attached hydrogens (tertiary/aromatic N) is 3. The molecule has 0 aliphatic carbocycles. The molecule has 0 fully saturated rings. The fourth-order valence-electron chi connectivity index (χ4n) is 3.28. The summed E-state index contributed by atoms with van der Waals surface area (Å²) in [5, 5.41) is 12.9. The standard InChI is InChI=1S/C26H27FN6O2/c1-26(2,3)22-16-24(33(32-22)17-8-6-5-7-9-17)31-25(34)30-21-11-10-18(14-20(21)27)35-19-12-13-29-23(15-19)28-4/h5-16H,1-4H3,(H,28,29)(H2,30,31,34). The molecule has 2 heterocycles. The van der Waals surface area contributed by atoms with Crippen LogP contribution in [0.15, 0.2) is 72.9 Å². The molecule has 4 rings (SSSR count). The van der Waals surface area contributed by atoms with Gasteiger partial charge in [0.05, 0.1) is 17.1 Å². The summed E-state index contributed by atoms with van der Waals surface area (Å²) in [4.78, 5) is 16.9. The number of hydrogen-bond acceptors (Lipinski definition) is 5. The van der Waals surface area contributed by atoms with Gasteiger partial charge in [-0.1, -0.05) is 39.0 Å². The average molecular weight is 475 g/mol. The number of carbonyl (C=O) groups excluding carboxylic acids is 1. The Morgan fingerprint density at radius 3 is 2.40 bits per heavy atom. The van der Waals surface area contributed by atoms with Crippen LogP contribution in [0.25, 0.3) is 5.69 Å². The molecule has 3 N–H and O–H groups in total. The van der Waals surface area contributed by atoms with Crippen LogP contribution < -0.4 is 20.7 Å². The first-order valence-electron chi connectivity index (χ1n) is 11.1. The average Bonchev–Trinajstić information content (AvgIpc) is 3.26. The van der Waals surface area contributed by atoms with Crippen LogP contribution in [0, 0.1) is 5.82 Å². The van der Waals surface area contributed by atoms with E-state index in [0.717, 1.165) is 11.4 Å². The highest BCUT2D eigenvalue weighted by molar-refractivity contribution is 5.99. The van der Waals surface area contributed by atoms with Gasteiger partial charge in [-0.2, -0.15) is 5.10 Å². The molecule has 2 amide bonds. The van der Waals surface area contributed by atoms with Gasteiger partial charge >= 0.3 is 6.03 Å². The molecule has 0 unspecified atom stereocenters. The number of pyridine rings is 1. The Kier molecular flexibility index (Phi) is 6.68. The molecule has 0 aliphatic heterocycles. The smallest absolute Gasteiger partial charge is 0.324 e. The molecule has 35 heavy (non-hydrogen) atoms. The lowest BCUT2D eigenvalue weighted by atomic mass is 9.92. The van der Waals surface area contributed by atoms with Gasteiger partial charge in [-0.25, -0.2) is 18.9 Å². The van der Waals surface area contributed by atoms with E-state index < -0.39 is 11.8 Å². The molecular weight excluding hydrogens is 447 g/mol. The summed E-state index contributed by atoms with van der Waals surface area (Å²) in [6, 6.07) is 18.3. The van der Waals surface area contributed by atoms with Crippen molar-refractivity contribution in [3.8, 4) is 17.2 Å². The van der Waals surface area contributed by atoms with Crippen molar-refractivity contribution in [1.29, 1.82) is 0 Å². The van der Waals surface area contributed by atoms with Crippen LogP contribution in [-0.2, 0) is 5.41 Å². The Hall–Kier alpha value is -4.40. The first-order chi connectivity index (χ1) is 16.7. The Balaban J connectivity index is 1.50. The zero-order valence-corrected chi connectivity index (χ0v) is 20.0. The van der Waals surface area contributed by atoms with Crippen LogP contribution in [0.5, 0.6) is 11.5 Å². The van der Waals surface area contributed by atoms with E-state index in [0.29, 0.717) is 23.1 Å². The molecule has 0 spiro atoms. The van der Waals surface area contributed by atoms with Gasteiger partial charge in [-0.3, -0.25) is 5.32 Å². The number of rotatable bonds is 6. The van der Waals surface area contributed by atoms with Crippen LogP contribution in [-0.4, -0.2) is 27.8 Å². The van der Waals surface area contributed by atoms with E-state index in [1.165, 1.54) is 12.1 Å². The van der Waals surface area contributed by atoms with Gasteiger partial charge in [0.1, 0.15) is 29.0 Å². The molecule has 2 aromatic carbocycles. The monoisotopic (exact) mass is 474 g/mol. The van der Waals surface area contributed by atoms with Gasteiger partial charge < -0.3 is 15.4 Å². The minimum absolute atomic E-state index is 0.0160. The molecule has 2 aromatic heterocycles. The van der Waals surface area contributed by atoms with Crippen molar-refractivity contribution in [2.75, 3.05) is 23.0 Å². The maximum Gasteiger partial charge on any atom is 0.324 e. The van der Waals surface area contributed by atoms with Gasteiger partial charge in [-0.15, -0.1) is 0 Å². The zero-order chi connectivity index (χ0) is 25.0. The fraction of sp³-hybridized carbons (Fsp3) is 0.192. The first-order valence-corrected chi connectivity index (χ1v) is 11.1. The van der Waals surface area contributed by atoms with Gasteiger partial charge in [0, 0.05) is 36.9 Å². The van der Waals surface area contributed by atoms with E-state index >= 15 is 0 Å². The summed E-state index contributed by atoms with van der Waals surface area (Å²) in [6.45, 7) is 6.12. The van der Waals surface area contributed by atoms with E-state index in [2.05, 4.69) is 26.0 Å². The maximum absolute atomic E-state index is 14.7. The summed E-state index contributed by atoms with van der Waals surface area (Å²) in [5.41, 5.74) is 1.39. The van der Waals surface area contributed by atoms with Crippen molar-refractivity contribution < 1.29 is 13.9 Å². The number of halogens is 1. The number of para-hydroxylation sites is 1. The molecule has 9 heteroatoms. The quantitative estimate of drug-likeness (QED) is 0.310. The Bertz CT molecular complexity index is 1330. The topological polar surface area (TPSA) is 93.1 Å². The van der Waals surface area contributed by atoms with E-state index in [9.17, 15) is 9.18 Å². The molecule has 0 aliphatic rings. The molecule has 0 bridgehead atoms. The second-order valence-corrected chi connectivity index (χ2v) is 8.86. The number of anilines is 3. The SMILES string of the molecule is CNc1cc(Oc2ccc(NC(=O)Nc3cc(C(C)(C)C)nn3-c3ccccc3)c(F)c2)ccn1. The van der Waals surface area contributed by atoms with Gasteiger partial charge in [0.25, 0.3) is 0 Å². The van der Waals surface area contributed by atoms with Crippen LogP contribution in [0.2, 0.25) is 0 Å². The number of urea groups is 1. The number of nitrogens with one attached hydrogen (secondary N) is 3. The summed E-state index contributed by atoms with van der Waals surface area (Å²) in [7, 11) is 1.74. The largest absolute Gasteiger partial charge is 0.457 e. The van der Waals surface area contributed by atoms with Crippen molar-refractivity contribution in [2.24, 2.45) is 0 Å².